The summed E-state index contributed by atoms with van der Waals surface area (Å²) in [5, 5.41) is 20.5. The van der Waals surface area contributed by atoms with Crippen molar-refractivity contribution in [1.29, 1.82) is 0 Å². The highest BCUT2D eigenvalue weighted by molar-refractivity contribution is 5.74. The molecule has 2 N–H and O–H groups in total. The molecule has 2 atom stereocenters. The standard InChI is InChI=1S/C18H36O4/c1-7-9-11-13-15(19)18(5,6)22-16(20)14(12-10-8-2)17(3,4)21/h14-15,19,21H,7-13H2,1-6H3. The van der Waals surface area contributed by atoms with Gasteiger partial charge in [-0.2, -0.15) is 0 Å². The van der Waals surface area contributed by atoms with Crippen molar-refractivity contribution in [3.8, 4) is 0 Å². The highest BCUT2D eigenvalue weighted by atomic mass is 16.6. The number of aliphatic hydroxyl groups is 2. The lowest BCUT2D eigenvalue weighted by Gasteiger charge is -2.35. The van der Waals surface area contributed by atoms with Crippen molar-refractivity contribution >= 4 is 5.97 Å². The first-order valence-corrected chi connectivity index (χ1v) is 8.69. The average Bonchev–Trinajstić information content (AvgIpc) is 2.37. The third kappa shape index (κ3) is 7.59. The van der Waals surface area contributed by atoms with Crippen LogP contribution in [0.2, 0.25) is 0 Å². The van der Waals surface area contributed by atoms with Crippen LogP contribution in [0.3, 0.4) is 0 Å². The van der Waals surface area contributed by atoms with Crippen LogP contribution in [-0.4, -0.2) is 33.5 Å². The average molecular weight is 316 g/mol. The Kier molecular flexibility index (Phi) is 9.25. The van der Waals surface area contributed by atoms with Crippen molar-refractivity contribution in [1.82, 2.24) is 0 Å². The molecule has 0 radical (unpaired) electrons. The number of hydrogen-bond acceptors (Lipinski definition) is 4. The Morgan fingerprint density at radius 2 is 1.55 bits per heavy atom. The summed E-state index contributed by atoms with van der Waals surface area (Å²) in [5.41, 5.74) is -2.05. The lowest BCUT2D eigenvalue weighted by Crippen LogP contribution is -2.46. The normalized spacial score (nSPS) is 15.5. The summed E-state index contributed by atoms with van der Waals surface area (Å²) in [5.74, 6) is -0.977. The SMILES string of the molecule is CCCCCC(O)C(C)(C)OC(=O)C(CCCC)C(C)(C)O. The Morgan fingerprint density at radius 3 is 2.00 bits per heavy atom. The van der Waals surface area contributed by atoms with Gasteiger partial charge >= 0.3 is 5.97 Å². The highest BCUT2D eigenvalue weighted by Crippen LogP contribution is 2.28. The number of unbranched alkanes of at least 4 members (excludes halogenated alkanes) is 3. The third-order valence-electron chi connectivity index (χ3n) is 4.23. The molecule has 0 aromatic heterocycles. The molecule has 4 heteroatoms. The molecule has 132 valence electrons. The van der Waals surface area contributed by atoms with E-state index in [9.17, 15) is 15.0 Å². The maximum Gasteiger partial charge on any atom is 0.312 e. The number of esters is 1. The number of carbonyl (C=O) groups excluding carboxylic acids is 1. The van der Waals surface area contributed by atoms with Gasteiger partial charge < -0.3 is 14.9 Å². The predicted octanol–water partition coefficient (Wildman–Crippen LogP) is 3.83. The van der Waals surface area contributed by atoms with E-state index in [0.29, 0.717) is 12.8 Å². The van der Waals surface area contributed by atoms with Crippen LogP contribution in [-0.2, 0) is 9.53 Å². The molecule has 0 amide bonds. The van der Waals surface area contributed by atoms with Gasteiger partial charge in [0.25, 0.3) is 0 Å². The van der Waals surface area contributed by atoms with Crippen LogP contribution in [0.1, 0.15) is 86.5 Å². The van der Waals surface area contributed by atoms with Crippen LogP contribution in [0, 0.1) is 5.92 Å². The highest BCUT2D eigenvalue weighted by Gasteiger charge is 2.39. The van der Waals surface area contributed by atoms with Gasteiger partial charge in [-0.3, -0.25) is 4.79 Å². The number of aliphatic hydroxyl groups excluding tert-OH is 1. The number of rotatable bonds is 11. The zero-order valence-corrected chi connectivity index (χ0v) is 15.3. The second kappa shape index (κ2) is 9.51. The molecule has 0 bridgehead atoms. The van der Waals surface area contributed by atoms with Crippen molar-refractivity contribution in [3.05, 3.63) is 0 Å². The van der Waals surface area contributed by atoms with E-state index in [1.807, 2.05) is 6.92 Å². The first-order valence-electron chi connectivity index (χ1n) is 8.69. The molecule has 0 aromatic rings. The Hall–Kier alpha value is -0.610. The van der Waals surface area contributed by atoms with Crippen molar-refractivity contribution in [2.45, 2.75) is 104 Å². The lowest BCUT2D eigenvalue weighted by atomic mass is 9.86. The molecule has 0 spiro atoms. The number of hydrogen-bond donors (Lipinski definition) is 2. The van der Waals surface area contributed by atoms with Crippen LogP contribution >= 0.6 is 0 Å². The molecule has 4 nitrogen and oxygen atoms in total. The molecule has 0 aromatic carbocycles. The molecular weight excluding hydrogens is 280 g/mol. The van der Waals surface area contributed by atoms with Gasteiger partial charge in [-0.1, -0.05) is 46.0 Å². The van der Waals surface area contributed by atoms with Gasteiger partial charge in [-0.05, 0) is 40.5 Å². The van der Waals surface area contributed by atoms with E-state index in [0.717, 1.165) is 32.1 Å². The minimum atomic E-state index is -1.12. The molecule has 0 aliphatic heterocycles. The van der Waals surface area contributed by atoms with Crippen LogP contribution in [0.25, 0.3) is 0 Å². The molecule has 0 fully saturated rings. The molecular formula is C18H36O4. The molecule has 0 rings (SSSR count). The molecule has 0 saturated carbocycles. The summed E-state index contributed by atoms with van der Waals surface area (Å²) >= 11 is 0. The molecule has 0 aliphatic rings. The number of ether oxygens (including phenoxy) is 1. The van der Waals surface area contributed by atoms with Crippen LogP contribution < -0.4 is 0 Å². The van der Waals surface area contributed by atoms with Gasteiger partial charge in [0.15, 0.2) is 0 Å². The summed E-state index contributed by atoms with van der Waals surface area (Å²) < 4.78 is 5.57. The second-order valence-corrected chi connectivity index (χ2v) is 7.38. The number of carbonyl (C=O) groups is 1. The van der Waals surface area contributed by atoms with E-state index in [-0.39, 0.29) is 0 Å². The van der Waals surface area contributed by atoms with Gasteiger partial charge in [-0.15, -0.1) is 0 Å². The van der Waals surface area contributed by atoms with Crippen LogP contribution in [0.4, 0.5) is 0 Å². The van der Waals surface area contributed by atoms with E-state index in [2.05, 4.69) is 6.92 Å². The van der Waals surface area contributed by atoms with Crippen molar-refractivity contribution < 1.29 is 19.7 Å². The fourth-order valence-corrected chi connectivity index (χ4v) is 2.50. The summed E-state index contributed by atoms with van der Waals surface area (Å²) in [4.78, 5) is 12.5. The van der Waals surface area contributed by atoms with Crippen molar-refractivity contribution in [2.75, 3.05) is 0 Å². The molecule has 0 saturated heterocycles. The predicted molar refractivity (Wildman–Crippen MR) is 89.6 cm³/mol. The van der Waals surface area contributed by atoms with Gasteiger partial charge in [0.2, 0.25) is 0 Å². The van der Waals surface area contributed by atoms with Crippen molar-refractivity contribution in [3.63, 3.8) is 0 Å². The van der Waals surface area contributed by atoms with Crippen LogP contribution in [0.15, 0.2) is 0 Å². The van der Waals surface area contributed by atoms with E-state index < -0.39 is 29.2 Å². The van der Waals surface area contributed by atoms with E-state index >= 15 is 0 Å². The Balaban J connectivity index is 4.73. The first kappa shape index (κ1) is 21.4. The van der Waals surface area contributed by atoms with Gasteiger partial charge in [0.1, 0.15) is 5.60 Å². The van der Waals surface area contributed by atoms with E-state index in [1.54, 1.807) is 27.7 Å². The quantitative estimate of drug-likeness (QED) is 0.449. The largest absolute Gasteiger partial charge is 0.457 e. The van der Waals surface area contributed by atoms with E-state index in [4.69, 9.17) is 4.74 Å². The first-order chi connectivity index (χ1) is 10.1. The van der Waals surface area contributed by atoms with Gasteiger partial charge in [-0.25, -0.2) is 0 Å². The lowest BCUT2D eigenvalue weighted by molar-refractivity contribution is -0.181. The molecule has 0 heterocycles. The maximum absolute atomic E-state index is 12.5. The minimum absolute atomic E-state index is 0.416. The Labute approximate surface area is 136 Å². The van der Waals surface area contributed by atoms with E-state index in [1.165, 1.54) is 0 Å². The topological polar surface area (TPSA) is 66.8 Å². The summed E-state index contributed by atoms with van der Waals surface area (Å²) in [6.07, 6.45) is 5.43. The van der Waals surface area contributed by atoms with Crippen molar-refractivity contribution in [2.24, 2.45) is 5.92 Å². The molecule has 0 aliphatic carbocycles. The monoisotopic (exact) mass is 316 g/mol. The fraction of sp³-hybridized carbons (Fsp3) is 0.944. The second-order valence-electron chi connectivity index (χ2n) is 7.38. The van der Waals surface area contributed by atoms with Gasteiger partial charge in [0, 0.05) is 0 Å². The Morgan fingerprint density at radius 1 is 1.00 bits per heavy atom. The smallest absolute Gasteiger partial charge is 0.312 e. The molecule has 2 unspecified atom stereocenters. The maximum atomic E-state index is 12.5. The molecule has 22 heavy (non-hydrogen) atoms. The van der Waals surface area contributed by atoms with Gasteiger partial charge in [0.05, 0.1) is 17.6 Å². The Bertz CT molecular complexity index is 318. The minimum Gasteiger partial charge on any atom is -0.457 e. The summed E-state index contributed by atoms with van der Waals surface area (Å²) in [6.45, 7) is 10.9. The summed E-state index contributed by atoms with van der Waals surface area (Å²) in [7, 11) is 0. The summed E-state index contributed by atoms with van der Waals surface area (Å²) in [6, 6.07) is 0. The fourth-order valence-electron chi connectivity index (χ4n) is 2.50. The zero-order chi connectivity index (χ0) is 17.4. The zero-order valence-electron chi connectivity index (χ0n) is 15.3. The van der Waals surface area contributed by atoms with Crippen LogP contribution in [0.5, 0.6) is 0 Å². The third-order valence-corrected chi connectivity index (χ3v) is 4.23.